The van der Waals surface area contributed by atoms with Crippen molar-refractivity contribution in [2.75, 3.05) is 40.5 Å². The molecule has 2 aliphatic heterocycles. The molecule has 0 amide bonds. The summed E-state index contributed by atoms with van der Waals surface area (Å²) in [5.41, 5.74) is 0. The maximum Gasteiger partial charge on any atom is 0.0645 e. The van der Waals surface area contributed by atoms with Crippen LogP contribution in [0.2, 0.25) is 0 Å². The second-order valence-electron chi connectivity index (χ2n) is 6.23. The van der Waals surface area contributed by atoms with Gasteiger partial charge in [0.2, 0.25) is 0 Å². The van der Waals surface area contributed by atoms with Crippen LogP contribution in [0.1, 0.15) is 34.1 Å². The van der Waals surface area contributed by atoms with Crippen LogP contribution in [0.5, 0.6) is 0 Å². The molecule has 1 unspecified atom stereocenters. The number of ether oxygens (including phenoxy) is 2. The Hall–Kier alpha value is -0.160. The molecule has 2 fully saturated rings. The second-order valence-corrected chi connectivity index (χ2v) is 6.23. The van der Waals surface area contributed by atoms with E-state index in [1.54, 1.807) is 0 Å². The summed E-state index contributed by atoms with van der Waals surface area (Å²) in [6, 6.07) is 2.65. The molecule has 2 saturated heterocycles. The zero-order valence-corrected chi connectivity index (χ0v) is 13.6. The van der Waals surface area contributed by atoms with Crippen molar-refractivity contribution >= 4 is 0 Å². The molecule has 0 aliphatic carbocycles. The smallest absolute Gasteiger partial charge is 0.0645 e. The largest absolute Gasteiger partial charge is 0.380 e. The van der Waals surface area contributed by atoms with Crippen molar-refractivity contribution in [3.8, 4) is 0 Å². The molecule has 2 heterocycles. The van der Waals surface area contributed by atoms with Crippen LogP contribution >= 0.6 is 0 Å². The third kappa shape index (κ3) is 5.38. The molecule has 19 heavy (non-hydrogen) atoms. The van der Waals surface area contributed by atoms with Gasteiger partial charge in [0, 0.05) is 24.7 Å². The van der Waals surface area contributed by atoms with E-state index in [9.17, 15) is 0 Å². The summed E-state index contributed by atoms with van der Waals surface area (Å²) in [6.07, 6.45) is 1.20. The average Bonchev–Trinajstić information content (AvgIpc) is 2.79. The number of likely N-dealkylation sites (N-methyl/N-ethyl adjacent to an activating group) is 2. The van der Waals surface area contributed by atoms with Crippen molar-refractivity contribution in [2.45, 2.75) is 58.3 Å². The zero-order valence-electron chi connectivity index (χ0n) is 13.6. The van der Waals surface area contributed by atoms with Gasteiger partial charge in [-0.05, 0) is 48.2 Å². The highest BCUT2D eigenvalue weighted by atomic mass is 16.5. The van der Waals surface area contributed by atoms with Gasteiger partial charge in [0.05, 0.1) is 25.9 Å². The van der Waals surface area contributed by atoms with E-state index in [1.807, 2.05) is 0 Å². The molecular weight excluding hydrogens is 240 g/mol. The lowest BCUT2D eigenvalue weighted by molar-refractivity contribution is -0.0650. The fraction of sp³-hybridized carbons (Fsp3) is 1.00. The van der Waals surface area contributed by atoms with Gasteiger partial charge >= 0.3 is 0 Å². The molecular formula is C15H32N2O2. The molecule has 0 aromatic rings. The van der Waals surface area contributed by atoms with Gasteiger partial charge < -0.3 is 9.47 Å². The second kappa shape index (κ2) is 8.20. The van der Waals surface area contributed by atoms with Gasteiger partial charge in [0.1, 0.15) is 0 Å². The van der Waals surface area contributed by atoms with Crippen LogP contribution in [0.15, 0.2) is 0 Å². The molecule has 0 saturated carbocycles. The molecule has 2 rings (SSSR count). The summed E-state index contributed by atoms with van der Waals surface area (Å²) in [5, 5.41) is 0. The lowest BCUT2D eigenvalue weighted by Crippen LogP contribution is -2.49. The van der Waals surface area contributed by atoms with E-state index in [-0.39, 0.29) is 0 Å². The van der Waals surface area contributed by atoms with Crippen LogP contribution in [-0.2, 0) is 9.47 Å². The van der Waals surface area contributed by atoms with Crippen molar-refractivity contribution in [1.82, 2.24) is 9.80 Å². The Morgan fingerprint density at radius 3 is 1.53 bits per heavy atom. The first kappa shape index (κ1) is 16.9. The van der Waals surface area contributed by atoms with Crippen LogP contribution in [0, 0.1) is 0 Å². The summed E-state index contributed by atoms with van der Waals surface area (Å²) in [6.45, 7) is 12.6. The predicted molar refractivity (Wildman–Crippen MR) is 79.6 cm³/mol. The van der Waals surface area contributed by atoms with Gasteiger partial charge in [-0.1, -0.05) is 0 Å². The molecule has 4 heteroatoms. The molecule has 1 atom stereocenters. The van der Waals surface area contributed by atoms with Gasteiger partial charge in [-0.3, -0.25) is 9.80 Å². The number of nitrogens with zero attached hydrogens (tertiary/aromatic N) is 2. The Morgan fingerprint density at radius 2 is 1.26 bits per heavy atom. The number of rotatable bonds is 4. The molecule has 4 nitrogen and oxygen atoms in total. The van der Waals surface area contributed by atoms with Gasteiger partial charge in [-0.2, -0.15) is 0 Å². The maximum atomic E-state index is 5.29. The van der Waals surface area contributed by atoms with Gasteiger partial charge in [0.25, 0.3) is 0 Å². The van der Waals surface area contributed by atoms with Crippen molar-refractivity contribution in [3.05, 3.63) is 0 Å². The van der Waals surface area contributed by atoms with Crippen LogP contribution in [0.25, 0.3) is 0 Å². The van der Waals surface area contributed by atoms with Gasteiger partial charge in [-0.15, -0.1) is 0 Å². The third-order valence-electron chi connectivity index (χ3n) is 4.31. The molecule has 114 valence electrons. The highest BCUT2D eigenvalue weighted by molar-refractivity contribution is 4.76. The van der Waals surface area contributed by atoms with Crippen molar-refractivity contribution in [2.24, 2.45) is 0 Å². The highest BCUT2D eigenvalue weighted by Gasteiger charge is 2.24. The van der Waals surface area contributed by atoms with Gasteiger partial charge in [0.15, 0.2) is 0 Å². The quantitative estimate of drug-likeness (QED) is 0.780. The number of hydrogen-bond acceptors (Lipinski definition) is 4. The van der Waals surface area contributed by atoms with E-state index in [2.05, 4.69) is 51.6 Å². The molecule has 0 spiro atoms. The summed E-state index contributed by atoms with van der Waals surface area (Å²) >= 11 is 0. The Bertz CT molecular complexity index is 236. The maximum absolute atomic E-state index is 5.29. The lowest BCUT2D eigenvalue weighted by atomic mass is 10.2. The molecule has 0 aromatic heterocycles. The molecule has 0 radical (unpaired) electrons. The van der Waals surface area contributed by atoms with Crippen molar-refractivity contribution < 1.29 is 9.47 Å². The SMILES string of the molecule is CC(C)N(C)C1CCOC1.CC(C)N(C)C1COC1. The minimum absolute atomic E-state index is 0.645. The van der Waals surface area contributed by atoms with Crippen LogP contribution in [0.3, 0.4) is 0 Å². The van der Waals surface area contributed by atoms with E-state index < -0.39 is 0 Å². The monoisotopic (exact) mass is 272 g/mol. The molecule has 0 bridgehead atoms. The summed E-state index contributed by atoms with van der Waals surface area (Å²) in [4.78, 5) is 4.73. The van der Waals surface area contributed by atoms with Crippen molar-refractivity contribution in [3.63, 3.8) is 0 Å². The van der Waals surface area contributed by atoms with E-state index in [4.69, 9.17) is 9.47 Å². The first-order valence-electron chi connectivity index (χ1n) is 7.52. The Kier molecular flexibility index (Phi) is 7.29. The van der Waals surface area contributed by atoms with E-state index in [0.29, 0.717) is 24.2 Å². The van der Waals surface area contributed by atoms with Crippen LogP contribution < -0.4 is 0 Å². The minimum Gasteiger partial charge on any atom is -0.380 e. The fourth-order valence-electron chi connectivity index (χ4n) is 2.14. The van der Waals surface area contributed by atoms with Crippen molar-refractivity contribution in [1.29, 1.82) is 0 Å². The fourth-order valence-corrected chi connectivity index (χ4v) is 2.14. The summed E-state index contributed by atoms with van der Waals surface area (Å²) in [7, 11) is 4.32. The first-order valence-corrected chi connectivity index (χ1v) is 7.52. The van der Waals surface area contributed by atoms with Gasteiger partial charge in [-0.25, -0.2) is 0 Å². The van der Waals surface area contributed by atoms with E-state index >= 15 is 0 Å². The van der Waals surface area contributed by atoms with Crippen LogP contribution in [0.4, 0.5) is 0 Å². The average molecular weight is 272 g/mol. The molecule has 0 N–H and O–H groups in total. The first-order chi connectivity index (χ1) is 8.93. The standard InChI is InChI=1S/C8H17NO.C7H15NO/c1-7(2)9(3)8-4-5-10-6-8;1-6(2)8(3)7-4-9-5-7/h7-8H,4-6H2,1-3H3;6-7H,4-5H2,1-3H3. The minimum atomic E-state index is 0.645. The number of hydrogen-bond donors (Lipinski definition) is 0. The Morgan fingerprint density at radius 1 is 0.789 bits per heavy atom. The summed E-state index contributed by atoms with van der Waals surface area (Å²) < 4.78 is 10.4. The Balaban J connectivity index is 0.000000191. The lowest BCUT2D eigenvalue weighted by Gasteiger charge is -2.37. The Labute approximate surface area is 119 Å². The third-order valence-corrected chi connectivity index (χ3v) is 4.31. The van der Waals surface area contributed by atoms with E-state index in [0.717, 1.165) is 26.4 Å². The highest BCUT2D eigenvalue weighted by Crippen LogP contribution is 2.12. The zero-order chi connectivity index (χ0) is 14.4. The van der Waals surface area contributed by atoms with Crippen LogP contribution in [-0.4, -0.2) is 74.5 Å². The summed E-state index contributed by atoms with van der Waals surface area (Å²) in [5.74, 6) is 0. The topological polar surface area (TPSA) is 24.9 Å². The molecule has 2 aliphatic rings. The normalized spacial score (nSPS) is 24.0. The van der Waals surface area contributed by atoms with E-state index in [1.165, 1.54) is 6.42 Å². The predicted octanol–water partition coefficient (Wildman–Crippen LogP) is 1.84. The molecule has 0 aromatic carbocycles.